The lowest BCUT2D eigenvalue weighted by molar-refractivity contribution is -0.170. The summed E-state index contributed by atoms with van der Waals surface area (Å²) in [6.45, 7) is -0.0269. The fourth-order valence-electron chi connectivity index (χ4n) is 3.98. The molecule has 0 aromatic heterocycles. The van der Waals surface area contributed by atoms with Gasteiger partial charge in [0.25, 0.3) is 0 Å². The first-order valence-corrected chi connectivity index (χ1v) is 12.2. The van der Waals surface area contributed by atoms with Gasteiger partial charge in [-0.25, -0.2) is 4.79 Å². The van der Waals surface area contributed by atoms with Crippen LogP contribution in [0.1, 0.15) is 29.9 Å². The third-order valence-corrected chi connectivity index (χ3v) is 6.30. The largest absolute Gasteiger partial charge is 0.481 e. The predicted octanol–water partition coefficient (Wildman–Crippen LogP) is 4.17. The van der Waals surface area contributed by atoms with Crippen LogP contribution in [0.3, 0.4) is 0 Å². The van der Waals surface area contributed by atoms with Crippen LogP contribution in [-0.2, 0) is 14.3 Å². The molecule has 2 amide bonds. The van der Waals surface area contributed by atoms with Gasteiger partial charge < -0.3 is 20.5 Å². The van der Waals surface area contributed by atoms with Crippen molar-refractivity contribution >= 4 is 29.7 Å². The molecule has 0 bridgehead atoms. The topological polar surface area (TPSA) is 105 Å². The Balaban J connectivity index is 1.67. The number of fused-ring (bicyclic) bond motifs is 3. The average molecular weight is 511 g/mol. The van der Waals surface area contributed by atoms with Crippen molar-refractivity contribution < 1.29 is 37.4 Å². The Morgan fingerprint density at radius 1 is 1.03 bits per heavy atom. The standard InChI is InChI=1S/C24H25F3N2O5S/c1-35-11-10-19(22(32)29-20(12-21(30)31)24(25,26)27)28-23(33)34-13-18-16-8-4-2-6-14(16)15-7-3-5-9-17(15)18/h2-9,18-20H,10-13H2,1H3,(H,28,33)(H,29,32)(H,30,31). The summed E-state index contributed by atoms with van der Waals surface area (Å²) in [5.74, 6) is -2.69. The van der Waals surface area contributed by atoms with E-state index in [1.54, 1.807) is 11.6 Å². The van der Waals surface area contributed by atoms with E-state index in [-0.39, 0.29) is 18.9 Å². The summed E-state index contributed by atoms with van der Waals surface area (Å²) in [5, 5.41) is 12.8. The molecule has 188 valence electrons. The van der Waals surface area contributed by atoms with Gasteiger partial charge in [-0.05, 0) is 40.7 Å². The highest BCUT2D eigenvalue weighted by Gasteiger charge is 2.43. The number of carbonyl (C=O) groups is 3. The quantitative estimate of drug-likeness (QED) is 0.443. The van der Waals surface area contributed by atoms with Crippen LogP contribution < -0.4 is 10.6 Å². The Hall–Kier alpha value is -3.21. The second kappa shape index (κ2) is 11.5. The minimum absolute atomic E-state index is 0.0269. The highest BCUT2D eigenvalue weighted by Crippen LogP contribution is 2.44. The van der Waals surface area contributed by atoms with Gasteiger partial charge >= 0.3 is 18.2 Å². The molecule has 11 heteroatoms. The van der Waals surface area contributed by atoms with Gasteiger partial charge in [0.2, 0.25) is 5.91 Å². The van der Waals surface area contributed by atoms with Crippen molar-refractivity contribution in [1.29, 1.82) is 0 Å². The van der Waals surface area contributed by atoms with Crippen molar-refractivity contribution in [3.05, 3.63) is 59.7 Å². The highest BCUT2D eigenvalue weighted by atomic mass is 32.2. The molecular weight excluding hydrogens is 485 g/mol. The van der Waals surface area contributed by atoms with Gasteiger partial charge in [-0.2, -0.15) is 24.9 Å². The molecule has 2 aromatic carbocycles. The van der Waals surface area contributed by atoms with Gasteiger partial charge in [-0.1, -0.05) is 48.5 Å². The zero-order valence-electron chi connectivity index (χ0n) is 18.8. The van der Waals surface area contributed by atoms with E-state index in [9.17, 15) is 27.6 Å². The molecule has 0 radical (unpaired) electrons. The van der Waals surface area contributed by atoms with Crippen LogP contribution >= 0.6 is 11.8 Å². The van der Waals surface area contributed by atoms with Gasteiger partial charge in [0, 0.05) is 5.92 Å². The van der Waals surface area contributed by atoms with Crippen molar-refractivity contribution in [3.8, 4) is 11.1 Å². The Bertz CT molecular complexity index is 1030. The number of carboxylic acids is 1. The van der Waals surface area contributed by atoms with Crippen molar-refractivity contribution in [3.63, 3.8) is 0 Å². The summed E-state index contributed by atoms with van der Waals surface area (Å²) in [6, 6.07) is 11.5. The second-order valence-corrected chi connectivity index (χ2v) is 8.99. The summed E-state index contributed by atoms with van der Waals surface area (Å²) < 4.78 is 44.9. The van der Waals surface area contributed by atoms with Gasteiger partial charge in [-0.3, -0.25) is 9.59 Å². The monoisotopic (exact) mass is 510 g/mol. The van der Waals surface area contributed by atoms with E-state index >= 15 is 0 Å². The number of ether oxygens (including phenoxy) is 1. The van der Waals surface area contributed by atoms with Crippen LogP contribution in [-0.4, -0.2) is 60.0 Å². The van der Waals surface area contributed by atoms with Gasteiger partial charge in [0.05, 0.1) is 6.42 Å². The molecule has 0 aliphatic heterocycles. The number of rotatable bonds is 10. The van der Waals surface area contributed by atoms with Crippen molar-refractivity contribution in [2.45, 2.75) is 37.0 Å². The van der Waals surface area contributed by atoms with Gasteiger partial charge in [0.15, 0.2) is 0 Å². The summed E-state index contributed by atoms with van der Waals surface area (Å²) >= 11 is 1.34. The van der Waals surface area contributed by atoms with Crippen molar-refractivity contribution in [2.24, 2.45) is 0 Å². The summed E-state index contributed by atoms with van der Waals surface area (Å²) in [6.07, 6.45) is -5.45. The molecule has 35 heavy (non-hydrogen) atoms. The molecule has 0 fully saturated rings. The summed E-state index contributed by atoms with van der Waals surface area (Å²) in [4.78, 5) is 35.9. The third-order valence-electron chi connectivity index (χ3n) is 5.65. The van der Waals surface area contributed by atoms with Crippen LogP contribution in [0.5, 0.6) is 0 Å². The maximum atomic E-state index is 13.2. The molecule has 3 rings (SSSR count). The number of carboxylic acid groups (broad SMARTS) is 1. The van der Waals surface area contributed by atoms with Crippen LogP contribution in [0.2, 0.25) is 0 Å². The molecule has 2 aromatic rings. The fourth-order valence-corrected chi connectivity index (χ4v) is 4.45. The molecule has 0 heterocycles. The Labute approximate surface area is 204 Å². The van der Waals surface area contributed by atoms with Gasteiger partial charge in [-0.15, -0.1) is 0 Å². The number of halogens is 3. The molecule has 3 N–H and O–H groups in total. The Morgan fingerprint density at radius 2 is 1.60 bits per heavy atom. The SMILES string of the molecule is CSCCC(NC(=O)OCC1c2ccccc2-c2ccccc21)C(=O)NC(CC(=O)O)C(F)(F)F. The number of alkyl carbamates (subject to hydrolysis) is 1. The first kappa shape index (κ1) is 26.4. The minimum atomic E-state index is -4.96. The maximum absolute atomic E-state index is 13.2. The first-order valence-electron chi connectivity index (χ1n) is 10.8. The van der Waals surface area contributed by atoms with E-state index in [0.717, 1.165) is 22.3 Å². The summed E-state index contributed by atoms with van der Waals surface area (Å²) in [7, 11) is 0. The summed E-state index contributed by atoms with van der Waals surface area (Å²) in [5.41, 5.74) is 4.04. The van der Waals surface area contributed by atoms with Crippen LogP contribution in [0, 0.1) is 0 Å². The average Bonchev–Trinajstić information content (AvgIpc) is 3.12. The number of alkyl halides is 3. The normalized spacial score (nSPS) is 14.4. The fraction of sp³-hybridized carbons (Fsp3) is 0.375. The number of hydrogen-bond donors (Lipinski definition) is 3. The Morgan fingerprint density at radius 3 is 2.11 bits per heavy atom. The lowest BCUT2D eigenvalue weighted by atomic mass is 9.98. The number of benzene rings is 2. The van der Waals surface area contributed by atoms with E-state index < -0.39 is 42.7 Å². The Kier molecular flexibility index (Phi) is 8.66. The van der Waals surface area contributed by atoms with E-state index in [0.29, 0.717) is 5.75 Å². The number of nitrogens with one attached hydrogen (secondary N) is 2. The van der Waals surface area contributed by atoms with E-state index in [1.807, 2.05) is 48.5 Å². The number of carbonyl (C=O) groups excluding carboxylic acids is 2. The number of thioether (sulfide) groups is 1. The highest BCUT2D eigenvalue weighted by molar-refractivity contribution is 7.98. The zero-order valence-corrected chi connectivity index (χ0v) is 19.6. The second-order valence-electron chi connectivity index (χ2n) is 8.00. The molecule has 0 spiro atoms. The number of hydrogen-bond acceptors (Lipinski definition) is 5. The molecular formula is C24H25F3N2O5S. The van der Waals surface area contributed by atoms with Crippen LogP contribution in [0.4, 0.5) is 18.0 Å². The molecule has 0 saturated carbocycles. The molecule has 1 aliphatic carbocycles. The molecule has 0 saturated heterocycles. The minimum Gasteiger partial charge on any atom is -0.481 e. The van der Waals surface area contributed by atoms with Crippen molar-refractivity contribution in [1.82, 2.24) is 10.6 Å². The molecule has 1 aliphatic rings. The van der Waals surface area contributed by atoms with Crippen LogP contribution in [0.25, 0.3) is 11.1 Å². The lowest BCUT2D eigenvalue weighted by Gasteiger charge is -2.24. The first-order chi connectivity index (χ1) is 16.6. The van der Waals surface area contributed by atoms with Crippen LogP contribution in [0.15, 0.2) is 48.5 Å². The van der Waals surface area contributed by atoms with E-state index in [2.05, 4.69) is 5.32 Å². The smallest absolute Gasteiger partial charge is 0.409 e. The molecule has 2 atom stereocenters. The van der Waals surface area contributed by atoms with Gasteiger partial charge in [0.1, 0.15) is 18.7 Å². The van der Waals surface area contributed by atoms with E-state index in [1.165, 1.54) is 11.8 Å². The third kappa shape index (κ3) is 6.68. The predicted molar refractivity (Wildman–Crippen MR) is 125 cm³/mol. The van der Waals surface area contributed by atoms with E-state index in [4.69, 9.17) is 9.84 Å². The lowest BCUT2D eigenvalue weighted by Crippen LogP contribution is -2.54. The molecule has 2 unspecified atom stereocenters. The van der Waals surface area contributed by atoms with Crippen molar-refractivity contribution in [2.75, 3.05) is 18.6 Å². The molecule has 7 nitrogen and oxygen atoms in total. The maximum Gasteiger partial charge on any atom is 0.409 e. The number of aliphatic carboxylic acids is 1. The zero-order chi connectivity index (χ0) is 25.6. The number of amides is 2.